The normalized spacial score (nSPS) is 18.4. The van der Waals surface area contributed by atoms with Crippen LogP contribution in [0.3, 0.4) is 0 Å². The highest BCUT2D eigenvalue weighted by Crippen LogP contribution is 2.16. The molecule has 1 fully saturated rings. The highest BCUT2D eigenvalue weighted by Gasteiger charge is 2.30. The molecule has 1 unspecified atom stereocenters. The number of alkyl carbamates (subject to hydrolysis) is 1. The van der Waals surface area contributed by atoms with Crippen molar-refractivity contribution in [3.05, 3.63) is 0 Å². The number of likely N-dealkylation sites (tertiary alicyclic amines) is 1. The van der Waals surface area contributed by atoms with Crippen molar-refractivity contribution < 1.29 is 14.3 Å². The van der Waals surface area contributed by atoms with Crippen molar-refractivity contribution in [2.24, 2.45) is 0 Å². The van der Waals surface area contributed by atoms with E-state index in [0.29, 0.717) is 6.54 Å². The summed E-state index contributed by atoms with van der Waals surface area (Å²) in [6, 6.07) is 1.84. The molecule has 23 heavy (non-hydrogen) atoms. The Morgan fingerprint density at radius 1 is 1.30 bits per heavy atom. The Hall–Kier alpha value is -1.81. The maximum atomic E-state index is 12.2. The van der Waals surface area contributed by atoms with E-state index in [1.54, 1.807) is 4.90 Å². The smallest absolute Gasteiger partial charge is 0.407 e. The lowest BCUT2D eigenvalue weighted by Crippen LogP contribution is -2.51. The maximum Gasteiger partial charge on any atom is 0.407 e. The zero-order chi connectivity index (χ0) is 17.7. The molecule has 0 aromatic rings. The van der Waals surface area contributed by atoms with Crippen LogP contribution in [0.2, 0.25) is 0 Å². The molecule has 0 saturated carbocycles. The van der Waals surface area contributed by atoms with Gasteiger partial charge in [0.2, 0.25) is 5.91 Å². The Morgan fingerprint density at radius 3 is 2.52 bits per heavy atom. The van der Waals surface area contributed by atoms with Crippen molar-refractivity contribution in [3.63, 3.8) is 0 Å². The molecule has 2 N–H and O–H groups in total. The Bertz CT molecular complexity index is 477. The molecule has 0 radical (unpaired) electrons. The van der Waals surface area contributed by atoms with Crippen LogP contribution in [0.25, 0.3) is 0 Å². The molecule has 1 atom stereocenters. The molecule has 0 bridgehead atoms. The van der Waals surface area contributed by atoms with Gasteiger partial charge >= 0.3 is 6.09 Å². The average molecular weight is 324 g/mol. The topological polar surface area (TPSA) is 94.5 Å². The van der Waals surface area contributed by atoms with Gasteiger partial charge in [-0.1, -0.05) is 0 Å². The van der Waals surface area contributed by atoms with Crippen LogP contribution in [0.5, 0.6) is 0 Å². The number of nitrogens with one attached hydrogen (secondary N) is 2. The fourth-order valence-corrected chi connectivity index (χ4v) is 2.26. The van der Waals surface area contributed by atoms with E-state index in [-0.39, 0.29) is 30.6 Å². The minimum atomic E-state index is -0.535. The summed E-state index contributed by atoms with van der Waals surface area (Å²) in [5, 5.41) is 14.8. The van der Waals surface area contributed by atoms with Gasteiger partial charge in [-0.2, -0.15) is 5.26 Å². The highest BCUT2D eigenvalue weighted by atomic mass is 16.5. The lowest BCUT2D eigenvalue weighted by Gasteiger charge is -2.28. The minimum absolute atomic E-state index is 0.0960. The van der Waals surface area contributed by atoms with E-state index in [1.807, 2.05) is 34.6 Å². The van der Waals surface area contributed by atoms with Gasteiger partial charge in [-0.05, 0) is 47.5 Å². The van der Waals surface area contributed by atoms with Gasteiger partial charge in [0.1, 0.15) is 12.6 Å². The van der Waals surface area contributed by atoms with Crippen LogP contribution in [0, 0.1) is 11.3 Å². The molecular weight excluding hydrogens is 296 g/mol. The largest absolute Gasteiger partial charge is 0.448 e. The summed E-state index contributed by atoms with van der Waals surface area (Å²) in [5.74, 6) is -0.0960. The van der Waals surface area contributed by atoms with Gasteiger partial charge in [-0.25, -0.2) is 4.79 Å². The molecule has 7 nitrogen and oxygen atoms in total. The van der Waals surface area contributed by atoms with E-state index in [4.69, 9.17) is 10.00 Å². The molecule has 0 aliphatic carbocycles. The second-order valence-corrected chi connectivity index (χ2v) is 7.56. The minimum Gasteiger partial charge on any atom is -0.448 e. The van der Waals surface area contributed by atoms with E-state index >= 15 is 0 Å². The third kappa shape index (κ3) is 6.87. The summed E-state index contributed by atoms with van der Waals surface area (Å²) in [5.41, 5.74) is -0.889. The number of rotatable bonds is 5. The second-order valence-electron chi connectivity index (χ2n) is 7.56. The fourth-order valence-electron chi connectivity index (χ4n) is 2.26. The van der Waals surface area contributed by atoms with E-state index in [0.717, 1.165) is 12.8 Å². The van der Waals surface area contributed by atoms with Crippen molar-refractivity contribution >= 4 is 12.0 Å². The first-order valence-electron chi connectivity index (χ1n) is 7.93. The van der Waals surface area contributed by atoms with E-state index < -0.39 is 11.6 Å². The monoisotopic (exact) mass is 324 g/mol. The number of nitrogens with zero attached hydrogens (tertiary/aromatic N) is 2. The predicted molar refractivity (Wildman–Crippen MR) is 86.7 cm³/mol. The lowest BCUT2D eigenvalue weighted by atomic mass is 10.1. The van der Waals surface area contributed by atoms with E-state index in [9.17, 15) is 9.59 Å². The van der Waals surface area contributed by atoms with Crippen molar-refractivity contribution in [2.75, 3.05) is 19.7 Å². The van der Waals surface area contributed by atoms with Crippen LogP contribution in [0.4, 0.5) is 4.79 Å². The van der Waals surface area contributed by atoms with Crippen LogP contribution in [-0.4, -0.2) is 53.7 Å². The zero-order valence-corrected chi connectivity index (χ0v) is 14.7. The zero-order valence-electron chi connectivity index (χ0n) is 14.7. The third-order valence-corrected chi connectivity index (χ3v) is 3.48. The second kappa shape index (κ2) is 7.64. The molecule has 0 aromatic carbocycles. The summed E-state index contributed by atoms with van der Waals surface area (Å²) in [6.45, 7) is 10.2. The molecule has 1 heterocycles. The standard InChI is InChI=1S/C16H28N4O3/c1-15(2,3)19-14(22)23-11-16(4,5)18-10-13(21)20-8-6-7-12(20)9-17/h12,18H,6-8,10-11H2,1-5H3,(H,19,22). The molecule has 2 amide bonds. The van der Waals surface area contributed by atoms with Gasteiger partial charge in [0.15, 0.2) is 0 Å². The van der Waals surface area contributed by atoms with Gasteiger partial charge in [-0.3, -0.25) is 4.79 Å². The first-order valence-corrected chi connectivity index (χ1v) is 7.93. The molecule has 1 rings (SSSR count). The first kappa shape index (κ1) is 19.2. The van der Waals surface area contributed by atoms with Gasteiger partial charge < -0.3 is 20.3 Å². The lowest BCUT2D eigenvalue weighted by molar-refractivity contribution is -0.130. The maximum absolute atomic E-state index is 12.2. The number of carbonyl (C=O) groups excluding carboxylic acids is 2. The molecule has 1 saturated heterocycles. The highest BCUT2D eigenvalue weighted by molar-refractivity contribution is 5.79. The Labute approximate surface area is 138 Å². The average Bonchev–Trinajstić information content (AvgIpc) is 2.89. The van der Waals surface area contributed by atoms with Gasteiger partial charge in [0.05, 0.1) is 12.6 Å². The predicted octanol–water partition coefficient (Wildman–Crippen LogP) is 1.39. The summed E-state index contributed by atoms with van der Waals surface area (Å²) in [7, 11) is 0. The van der Waals surface area contributed by atoms with Crippen LogP contribution in [0.15, 0.2) is 0 Å². The Balaban J connectivity index is 2.39. The number of hydrogen-bond acceptors (Lipinski definition) is 5. The molecule has 1 aliphatic rings. The van der Waals surface area contributed by atoms with Gasteiger partial charge in [0.25, 0.3) is 0 Å². The summed E-state index contributed by atoms with van der Waals surface area (Å²) in [4.78, 5) is 25.4. The number of amides is 2. The van der Waals surface area contributed by atoms with Crippen LogP contribution < -0.4 is 10.6 Å². The van der Waals surface area contributed by atoms with Crippen molar-refractivity contribution in [2.45, 2.75) is 64.6 Å². The first-order chi connectivity index (χ1) is 10.5. The Morgan fingerprint density at radius 2 is 1.96 bits per heavy atom. The molecular formula is C16H28N4O3. The van der Waals surface area contributed by atoms with Crippen molar-refractivity contribution in [1.29, 1.82) is 5.26 Å². The van der Waals surface area contributed by atoms with Crippen LogP contribution >= 0.6 is 0 Å². The number of ether oxygens (including phenoxy) is 1. The summed E-state index contributed by atoms with van der Waals surface area (Å²) in [6.07, 6.45) is 1.12. The van der Waals surface area contributed by atoms with Crippen LogP contribution in [0.1, 0.15) is 47.5 Å². The Kier molecular flexibility index (Phi) is 6.39. The summed E-state index contributed by atoms with van der Waals surface area (Å²) < 4.78 is 5.19. The van der Waals surface area contributed by atoms with Gasteiger partial charge in [-0.15, -0.1) is 0 Å². The van der Waals surface area contributed by atoms with E-state index in [1.165, 1.54) is 0 Å². The number of nitriles is 1. The SMILES string of the molecule is CC(C)(C)NC(=O)OCC(C)(C)NCC(=O)N1CCCC1C#N. The molecule has 130 valence electrons. The van der Waals surface area contributed by atoms with Crippen molar-refractivity contribution in [3.8, 4) is 6.07 Å². The molecule has 0 aromatic heterocycles. The number of carbonyl (C=O) groups is 2. The van der Waals surface area contributed by atoms with Crippen molar-refractivity contribution in [1.82, 2.24) is 15.5 Å². The number of hydrogen-bond donors (Lipinski definition) is 2. The quantitative estimate of drug-likeness (QED) is 0.797. The fraction of sp³-hybridized carbons (Fsp3) is 0.812. The van der Waals surface area contributed by atoms with Crippen LogP contribution in [-0.2, 0) is 9.53 Å². The summed E-state index contributed by atoms with van der Waals surface area (Å²) >= 11 is 0. The van der Waals surface area contributed by atoms with Gasteiger partial charge in [0, 0.05) is 17.6 Å². The molecule has 0 spiro atoms. The molecule has 1 aliphatic heterocycles. The third-order valence-electron chi connectivity index (χ3n) is 3.48. The van der Waals surface area contributed by atoms with E-state index in [2.05, 4.69) is 16.7 Å². The molecule has 7 heteroatoms.